The molecule has 0 spiro atoms. The van der Waals surface area contributed by atoms with Crippen molar-refractivity contribution in [3.8, 4) is 0 Å². The van der Waals surface area contributed by atoms with E-state index in [0.29, 0.717) is 16.1 Å². The average molecular weight is 404 g/mol. The molecule has 8 nitrogen and oxygen atoms in total. The highest BCUT2D eigenvalue weighted by molar-refractivity contribution is 7.80. The van der Waals surface area contributed by atoms with E-state index < -0.39 is 16.7 Å². The lowest BCUT2D eigenvalue weighted by Gasteiger charge is -2.07. The number of anilines is 1. The number of hydrogen-bond donors (Lipinski definition) is 3. The summed E-state index contributed by atoms with van der Waals surface area (Å²) >= 11 is 6.39. The predicted octanol–water partition coefficient (Wildman–Crippen LogP) is 2.90. The molecule has 0 aliphatic rings. The van der Waals surface area contributed by atoms with Crippen molar-refractivity contribution in [2.24, 2.45) is 5.73 Å². The van der Waals surface area contributed by atoms with Crippen LogP contribution in [0.5, 0.6) is 0 Å². The van der Waals surface area contributed by atoms with Gasteiger partial charge in [-0.2, -0.15) is 0 Å². The van der Waals surface area contributed by atoms with E-state index in [-0.39, 0.29) is 10.8 Å². The van der Waals surface area contributed by atoms with Crippen LogP contribution in [0.3, 0.4) is 0 Å². The van der Waals surface area contributed by atoms with Crippen LogP contribution in [0.2, 0.25) is 0 Å². The van der Waals surface area contributed by atoms with Crippen molar-refractivity contribution >= 4 is 57.2 Å². The molecule has 0 aliphatic carbocycles. The molecule has 0 radical (unpaired) electrons. The second kappa shape index (κ2) is 8.52. The van der Waals surface area contributed by atoms with Gasteiger partial charge in [-0.3, -0.25) is 25.0 Å². The third kappa shape index (κ3) is 5.19. The molecule has 2 rings (SSSR count). The van der Waals surface area contributed by atoms with Gasteiger partial charge in [0.05, 0.1) is 10.5 Å². The topological polar surface area (TPSA) is 127 Å². The van der Waals surface area contributed by atoms with Gasteiger partial charge in [0.15, 0.2) is 5.11 Å². The van der Waals surface area contributed by atoms with E-state index in [1.54, 1.807) is 13.0 Å². The normalized spacial score (nSPS) is 10.6. The molecule has 0 saturated carbocycles. The van der Waals surface area contributed by atoms with Crippen molar-refractivity contribution in [1.82, 2.24) is 5.32 Å². The second-order valence-corrected chi connectivity index (χ2v) is 7.11. The van der Waals surface area contributed by atoms with E-state index in [4.69, 9.17) is 18.0 Å². The number of nitro groups is 1. The van der Waals surface area contributed by atoms with Crippen molar-refractivity contribution in [2.75, 3.05) is 5.32 Å². The van der Waals surface area contributed by atoms with Gasteiger partial charge in [0, 0.05) is 23.1 Å². The number of non-ortho nitro benzene ring substituents is 1. The van der Waals surface area contributed by atoms with Crippen LogP contribution in [0.25, 0.3) is 6.08 Å². The standard InChI is InChI=1S/C17H16N4O4S2/c1-9-10(2)27-16(14(9)15(18)23)20-17(26)19-13(22)7-6-11-4-3-5-12(8-11)21(24)25/h3-8H,1-2H3,(H2,18,23)(H2,19,20,22,26)/b7-6+. The average Bonchev–Trinajstić information content (AvgIpc) is 2.87. The summed E-state index contributed by atoms with van der Waals surface area (Å²) in [5, 5.41) is 16.5. The number of nitrogens with zero attached hydrogens (tertiary/aromatic N) is 1. The summed E-state index contributed by atoms with van der Waals surface area (Å²) in [6.45, 7) is 3.63. The van der Waals surface area contributed by atoms with Crippen molar-refractivity contribution in [2.45, 2.75) is 13.8 Å². The zero-order valence-electron chi connectivity index (χ0n) is 14.4. The SMILES string of the molecule is Cc1sc(NC(=S)NC(=O)/C=C/c2cccc([N+](=O)[O-])c2)c(C(N)=O)c1C. The Morgan fingerprint density at radius 3 is 2.67 bits per heavy atom. The Morgan fingerprint density at radius 2 is 2.04 bits per heavy atom. The molecule has 0 bridgehead atoms. The number of primary amides is 1. The summed E-state index contributed by atoms with van der Waals surface area (Å²) < 4.78 is 0. The maximum absolute atomic E-state index is 12.0. The Morgan fingerprint density at radius 1 is 1.33 bits per heavy atom. The number of nitro benzene ring substituents is 1. The van der Waals surface area contributed by atoms with Crippen molar-refractivity contribution < 1.29 is 14.5 Å². The summed E-state index contributed by atoms with van der Waals surface area (Å²) in [5.41, 5.74) is 6.91. The molecule has 1 aromatic carbocycles. The molecule has 2 amide bonds. The van der Waals surface area contributed by atoms with E-state index in [1.165, 1.54) is 41.7 Å². The molecule has 0 unspecified atom stereocenters. The molecule has 10 heteroatoms. The molecular weight excluding hydrogens is 388 g/mol. The van der Waals surface area contributed by atoms with E-state index in [2.05, 4.69) is 10.6 Å². The lowest BCUT2D eigenvalue weighted by molar-refractivity contribution is -0.384. The zero-order chi connectivity index (χ0) is 20.1. The lowest BCUT2D eigenvalue weighted by atomic mass is 10.1. The van der Waals surface area contributed by atoms with E-state index >= 15 is 0 Å². The number of thiophene rings is 1. The van der Waals surface area contributed by atoms with Crippen molar-refractivity contribution in [3.05, 3.63) is 62.0 Å². The van der Waals surface area contributed by atoms with E-state index in [1.807, 2.05) is 6.92 Å². The molecule has 0 saturated heterocycles. The number of nitrogens with two attached hydrogens (primary N) is 1. The number of nitrogens with one attached hydrogen (secondary N) is 2. The van der Waals surface area contributed by atoms with Crippen LogP contribution in [0.4, 0.5) is 10.7 Å². The molecule has 2 aromatic rings. The Kier molecular flexibility index (Phi) is 6.37. The predicted molar refractivity (Wildman–Crippen MR) is 109 cm³/mol. The Labute approximate surface area is 164 Å². The molecular formula is C17H16N4O4S2. The quantitative estimate of drug-likeness (QED) is 0.304. The van der Waals surface area contributed by atoms with E-state index in [0.717, 1.165) is 10.4 Å². The largest absolute Gasteiger partial charge is 0.365 e. The maximum Gasteiger partial charge on any atom is 0.270 e. The third-order valence-electron chi connectivity index (χ3n) is 3.60. The zero-order valence-corrected chi connectivity index (χ0v) is 16.1. The number of amides is 2. The van der Waals surface area contributed by atoms with Gasteiger partial charge in [-0.1, -0.05) is 12.1 Å². The summed E-state index contributed by atoms with van der Waals surface area (Å²) in [4.78, 5) is 34.7. The number of carbonyl (C=O) groups excluding carboxylic acids is 2. The number of benzene rings is 1. The fourth-order valence-electron chi connectivity index (χ4n) is 2.21. The lowest BCUT2D eigenvalue weighted by Crippen LogP contribution is -2.33. The van der Waals surface area contributed by atoms with Crippen LogP contribution in [-0.4, -0.2) is 21.9 Å². The highest BCUT2D eigenvalue weighted by Crippen LogP contribution is 2.31. The van der Waals surface area contributed by atoms with Gasteiger partial charge in [-0.25, -0.2) is 0 Å². The number of aryl methyl sites for hydroxylation is 1. The number of thiocarbonyl (C=S) groups is 1. The van der Waals surface area contributed by atoms with Crippen LogP contribution < -0.4 is 16.4 Å². The summed E-state index contributed by atoms with van der Waals surface area (Å²) in [6.07, 6.45) is 2.63. The van der Waals surface area contributed by atoms with Crippen molar-refractivity contribution in [3.63, 3.8) is 0 Å². The molecule has 140 valence electrons. The van der Waals surface area contributed by atoms with E-state index in [9.17, 15) is 19.7 Å². The van der Waals surface area contributed by atoms with Crippen LogP contribution in [0, 0.1) is 24.0 Å². The minimum Gasteiger partial charge on any atom is -0.365 e. The molecule has 0 fully saturated rings. The van der Waals surface area contributed by atoms with Crippen molar-refractivity contribution in [1.29, 1.82) is 0 Å². The van der Waals surface area contributed by atoms with Crippen LogP contribution in [0.1, 0.15) is 26.4 Å². The molecule has 4 N–H and O–H groups in total. The number of carbonyl (C=O) groups is 2. The van der Waals surface area contributed by atoms with Gasteiger partial charge in [0.25, 0.3) is 11.6 Å². The maximum atomic E-state index is 12.0. The molecule has 0 atom stereocenters. The first-order valence-electron chi connectivity index (χ1n) is 7.63. The van der Waals surface area contributed by atoms with Gasteiger partial charge < -0.3 is 11.1 Å². The molecule has 1 heterocycles. The number of hydrogen-bond acceptors (Lipinski definition) is 6. The van der Waals surface area contributed by atoms with Crippen LogP contribution in [0.15, 0.2) is 30.3 Å². The smallest absolute Gasteiger partial charge is 0.270 e. The Hall–Kier alpha value is -3.11. The molecule has 27 heavy (non-hydrogen) atoms. The molecule has 1 aromatic heterocycles. The monoisotopic (exact) mass is 404 g/mol. The van der Waals surface area contributed by atoms with Gasteiger partial charge in [-0.15, -0.1) is 11.3 Å². The highest BCUT2D eigenvalue weighted by atomic mass is 32.1. The first-order valence-corrected chi connectivity index (χ1v) is 8.85. The van der Waals surface area contributed by atoms with Gasteiger partial charge in [0.2, 0.25) is 5.91 Å². The van der Waals surface area contributed by atoms with Crippen LogP contribution >= 0.6 is 23.6 Å². The minimum absolute atomic E-state index is 0.00689. The third-order valence-corrected chi connectivity index (χ3v) is 4.93. The fraction of sp³-hybridized carbons (Fsp3) is 0.118. The summed E-state index contributed by atoms with van der Waals surface area (Å²) in [5.74, 6) is -1.11. The van der Waals surface area contributed by atoms with Gasteiger partial charge in [-0.05, 0) is 43.3 Å². The van der Waals surface area contributed by atoms with Gasteiger partial charge in [0.1, 0.15) is 5.00 Å². The first kappa shape index (κ1) is 20.2. The fourth-order valence-corrected chi connectivity index (χ4v) is 3.55. The number of rotatable bonds is 5. The molecule has 0 aliphatic heterocycles. The summed E-state index contributed by atoms with van der Waals surface area (Å²) in [7, 11) is 0. The Bertz CT molecular complexity index is 966. The minimum atomic E-state index is -0.584. The van der Waals surface area contributed by atoms with Crippen LogP contribution in [-0.2, 0) is 4.79 Å². The summed E-state index contributed by atoms with van der Waals surface area (Å²) in [6, 6.07) is 5.85. The first-order chi connectivity index (χ1) is 12.7. The second-order valence-electron chi connectivity index (χ2n) is 5.48. The van der Waals surface area contributed by atoms with Gasteiger partial charge >= 0.3 is 0 Å². The Balaban J connectivity index is 2.03. The highest BCUT2D eigenvalue weighted by Gasteiger charge is 2.18.